The Morgan fingerprint density at radius 2 is 2.30 bits per heavy atom. The highest BCUT2D eigenvalue weighted by Crippen LogP contribution is 1.89. The zero-order chi connectivity index (χ0) is 7.82. The van der Waals surface area contributed by atoms with Crippen LogP contribution >= 0.6 is 0 Å². The first-order valence-corrected chi connectivity index (χ1v) is 3.42. The summed E-state index contributed by atoms with van der Waals surface area (Å²) in [7, 11) is 0. The van der Waals surface area contributed by atoms with Gasteiger partial charge in [0.1, 0.15) is 0 Å². The van der Waals surface area contributed by atoms with Crippen LogP contribution in [0.2, 0.25) is 0 Å². The van der Waals surface area contributed by atoms with Gasteiger partial charge in [0.05, 0.1) is 6.21 Å². The molecule has 0 unspecified atom stereocenters. The van der Waals surface area contributed by atoms with E-state index in [-0.39, 0.29) is 5.84 Å². The molecule has 0 rings (SSSR count). The molecule has 10 heavy (non-hydrogen) atoms. The lowest BCUT2D eigenvalue weighted by molar-refractivity contribution is 0.843. The SMILES string of the molecule is CCCCC=NC(=N)C=N. The first-order valence-electron chi connectivity index (χ1n) is 3.42. The van der Waals surface area contributed by atoms with Crippen LogP contribution < -0.4 is 0 Å². The fourth-order valence-corrected chi connectivity index (χ4v) is 0.496. The smallest absolute Gasteiger partial charge is 0.162 e. The number of nitrogens with one attached hydrogen (secondary N) is 2. The van der Waals surface area contributed by atoms with Crippen LogP contribution in [0.4, 0.5) is 0 Å². The summed E-state index contributed by atoms with van der Waals surface area (Å²) >= 11 is 0. The first kappa shape index (κ1) is 9.01. The van der Waals surface area contributed by atoms with Crippen LogP contribution in [-0.4, -0.2) is 18.3 Å². The second-order valence-corrected chi connectivity index (χ2v) is 1.98. The van der Waals surface area contributed by atoms with E-state index >= 15 is 0 Å². The molecular weight excluding hydrogens is 126 g/mol. The molecule has 0 heterocycles. The summed E-state index contributed by atoms with van der Waals surface area (Å²) in [5.74, 6) is 0.0242. The van der Waals surface area contributed by atoms with Crippen molar-refractivity contribution in [3.05, 3.63) is 0 Å². The molecule has 0 fully saturated rings. The van der Waals surface area contributed by atoms with E-state index in [1.54, 1.807) is 6.21 Å². The molecule has 0 amide bonds. The number of rotatable bonds is 4. The van der Waals surface area contributed by atoms with Gasteiger partial charge in [0.2, 0.25) is 0 Å². The summed E-state index contributed by atoms with van der Waals surface area (Å²) in [6.07, 6.45) is 5.78. The van der Waals surface area contributed by atoms with Crippen molar-refractivity contribution in [1.29, 1.82) is 10.8 Å². The summed E-state index contributed by atoms with van der Waals surface area (Å²) in [5.41, 5.74) is 0. The maximum absolute atomic E-state index is 6.93. The maximum Gasteiger partial charge on any atom is 0.162 e. The van der Waals surface area contributed by atoms with Gasteiger partial charge in [-0.3, -0.25) is 5.41 Å². The van der Waals surface area contributed by atoms with Crippen molar-refractivity contribution < 1.29 is 0 Å². The Morgan fingerprint density at radius 3 is 2.80 bits per heavy atom. The summed E-state index contributed by atoms with van der Waals surface area (Å²) in [6.45, 7) is 2.11. The minimum absolute atomic E-state index is 0.0242. The van der Waals surface area contributed by atoms with Crippen LogP contribution in [0.15, 0.2) is 4.99 Å². The second-order valence-electron chi connectivity index (χ2n) is 1.98. The maximum atomic E-state index is 6.93. The molecule has 0 atom stereocenters. The molecule has 0 aliphatic heterocycles. The van der Waals surface area contributed by atoms with Gasteiger partial charge >= 0.3 is 0 Å². The molecule has 0 spiro atoms. The molecular formula is C7H13N3. The minimum Gasteiger partial charge on any atom is -0.305 e. The fraction of sp³-hybridized carbons (Fsp3) is 0.571. The Kier molecular flexibility index (Phi) is 5.53. The molecule has 0 aliphatic carbocycles. The van der Waals surface area contributed by atoms with Crippen LogP contribution in [0.1, 0.15) is 26.2 Å². The van der Waals surface area contributed by atoms with Gasteiger partial charge < -0.3 is 5.41 Å². The summed E-state index contributed by atoms with van der Waals surface area (Å²) < 4.78 is 0. The quantitative estimate of drug-likeness (QED) is 0.339. The third-order valence-electron chi connectivity index (χ3n) is 1.05. The molecule has 0 aliphatic rings. The highest BCUT2D eigenvalue weighted by atomic mass is 14.8. The molecule has 3 nitrogen and oxygen atoms in total. The van der Waals surface area contributed by atoms with Gasteiger partial charge in [0.15, 0.2) is 5.84 Å². The molecule has 0 aromatic carbocycles. The molecule has 0 saturated carbocycles. The van der Waals surface area contributed by atoms with Gasteiger partial charge in [-0.1, -0.05) is 13.3 Å². The molecule has 2 N–H and O–H groups in total. The largest absolute Gasteiger partial charge is 0.305 e. The van der Waals surface area contributed by atoms with E-state index in [1.165, 1.54) is 0 Å². The lowest BCUT2D eigenvalue weighted by Crippen LogP contribution is -1.91. The summed E-state index contributed by atoms with van der Waals surface area (Å²) in [6, 6.07) is 0. The average molecular weight is 139 g/mol. The Labute approximate surface area is 61.2 Å². The first-order chi connectivity index (χ1) is 4.81. The van der Waals surface area contributed by atoms with Crippen molar-refractivity contribution in [2.45, 2.75) is 26.2 Å². The molecule has 0 radical (unpaired) electrons. The van der Waals surface area contributed by atoms with Crippen molar-refractivity contribution in [1.82, 2.24) is 0 Å². The van der Waals surface area contributed by atoms with Crippen molar-refractivity contribution in [2.75, 3.05) is 0 Å². The average Bonchev–Trinajstić information content (AvgIpc) is 1.98. The number of hydrogen-bond donors (Lipinski definition) is 2. The zero-order valence-corrected chi connectivity index (χ0v) is 6.22. The number of nitrogens with zero attached hydrogens (tertiary/aromatic N) is 1. The molecule has 0 saturated heterocycles. The molecule has 0 aromatic rings. The Hall–Kier alpha value is -0.990. The zero-order valence-electron chi connectivity index (χ0n) is 6.22. The van der Waals surface area contributed by atoms with Crippen LogP contribution in [-0.2, 0) is 0 Å². The predicted octanol–water partition coefficient (Wildman–Crippen LogP) is 1.87. The number of hydrogen-bond acceptors (Lipinski definition) is 2. The lowest BCUT2D eigenvalue weighted by Gasteiger charge is -1.86. The second kappa shape index (κ2) is 6.13. The van der Waals surface area contributed by atoms with E-state index in [0.29, 0.717) is 0 Å². The van der Waals surface area contributed by atoms with Crippen molar-refractivity contribution >= 4 is 18.3 Å². The number of aliphatic imine (C=N–C) groups is 1. The highest BCUT2D eigenvalue weighted by molar-refractivity contribution is 6.28. The van der Waals surface area contributed by atoms with E-state index < -0.39 is 0 Å². The van der Waals surface area contributed by atoms with Crippen molar-refractivity contribution in [3.8, 4) is 0 Å². The molecule has 56 valence electrons. The summed E-state index contributed by atoms with van der Waals surface area (Å²) in [5, 5.41) is 13.6. The van der Waals surface area contributed by atoms with Gasteiger partial charge in [-0.2, -0.15) is 0 Å². The minimum atomic E-state index is 0.0242. The molecule has 0 bridgehead atoms. The predicted molar refractivity (Wildman–Crippen MR) is 44.5 cm³/mol. The third-order valence-corrected chi connectivity index (χ3v) is 1.05. The van der Waals surface area contributed by atoms with E-state index in [4.69, 9.17) is 10.8 Å². The Bertz CT molecular complexity index is 138. The van der Waals surface area contributed by atoms with Gasteiger partial charge in [-0.25, -0.2) is 4.99 Å². The molecule has 0 aromatic heterocycles. The molecule has 3 heteroatoms. The highest BCUT2D eigenvalue weighted by Gasteiger charge is 1.81. The van der Waals surface area contributed by atoms with Gasteiger partial charge in [0, 0.05) is 6.21 Å². The normalized spacial score (nSPS) is 10.1. The van der Waals surface area contributed by atoms with Gasteiger partial charge in [-0.05, 0) is 12.8 Å². The van der Waals surface area contributed by atoms with E-state index in [9.17, 15) is 0 Å². The Morgan fingerprint density at radius 1 is 1.60 bits per heavy atom. The van der Waals surface area contributed by atoms with Crippen molar-refractivity contribution in [2.24, 2.45) is 4.99 Å². The van der Waals surface area contributed by atoms with E-state index in [0.717, 1.165) is 25.5 Å². The van der Waals surface area contributed by atoms with Gasteiger partial charge in [0.25, 0.3) is 0 Å². The van der Waals surface area contributed by atoms with E-state index in [1.807, 2.05) is 0 Å². The van der Waals surface area contributed by atoms with Crippen LogP contribution in [0.25, 0.3) is 0 Å². The third kappa shape index (κ3) is 5.15. The van der Waals surface area contributed by atoms with Crippen LogP contribution in [0.5, 0.6) is 0 Å². The topological polar surface area (TPSA) is 60.1 Å². The summed E-state index contributed by atoms with van der Waals surface area (Å²) in [4.78, 5) is 3.70. The van der Waals surface area contributed by atoms with Crippen molar-refractivity contribution in [3.63, 3.8) is 0 Å². The number of amidine groups is 1. The van der Waals surface area contributed by atoms with Crippen LogP contribution in [0.3, 0.4) is 0 Å². The number of unbranched alkanes of at least 4 members (excludes halogenated alkanes) is 2. The van der Waals surface area contributed by atoms with E-state index in [2.05, 4.69) is 11.9 Å². The Balaban J connectivity index is 3.36. The fourth-order valence-electron chi connectivity index (χ4n) is 0.496. The standard InChI is InChI=1S/C7H13N3/c1-2-3-4-5-10-7(9)6-8/h5-6,8-9H,2-4H2,1H3. The van der Waals surface area contributed by atoms with Gasteiger partial charge in [-0.15, -0.1) is 0 Å². The van der Waals surface area contributed by atoms with Crippen LogP contribution in [0, 0.1) is 10.8 Å². The lowest BCUT2D eigenvalue weighted by atomic mass is 10.3. The monoisotopic (exact) mass is 139 g/mol.